The fraction of sp³-hybridized carbons (Fsp3) is 0.292. The Balaban J connectivity index is 1.20. The number of hydrogen-bond acceptors (Lipinski definition) is 14. The first-order chi connectivity index (χ1) is 30.2. The van der Waals surface area contributed by atoms with E-state index >= 15 is 0 Å². The molecule has 0 heterocycles. The van der Waals surface area contributed by atoms with Crippen molar-refractivity contribution < 1.29 is 57.1 Å². The molecular formula is C48H52N2O12. The van der Waals surface area contributed by atoms with Gasteiger partial charge >= 0.3 is 23.9 Å². The van der Waals surface area contributed by atoms with Crippen LogP contribution in [-0.2, 0) is 19.1 Å². The van der Waals surface area contributed by atoms with E-state index < -0.39 is 23.9 Å². The molecule has 62 heavy (non-hydrogen) atoms. The lowest BCUT2D eigenvalue weighted by molar-refractivity contribution is -0.138. The number of carbonyl (C=O) groups excluding carboxylic acids is 4. The van der Waals surface area contributed by atoms with E-state index in [2.05, 4.69) is 23.4 Å². The SMILES string of the molecule is C=CC(=O)OCCCCCCOc1ccc(OC(=O)c2c(OC)cc(/C=N/N=C/c3ccc(OC(=O)c4ccc(OCCCCCCOC(=O)C=C)cc4)cc3)cc2OC)cc1. The Morgan fingerprint density at radius 3 is 1.37 bits per heavy atom. The molecule has 0 saturated heterocycles. The molecule has 4 aromatic carbocycles. The van der Waals surface area contributed by atoms with Gasteiger partial charge in [-0.15, -0.1) is 0 Å². The topological polar surface area (TPSA) is 167 Å². The summed E-state index contributed by atoms with van der Waals surface area (Å²) in [7, 11) is 2.87. The Hall–Kier alpha value is -7.22. The van der Waals surface area contributed by atoms with Crippen molar-refractivity contribution >= 4 is 36.3 Å². The monoisotopic (exact) mass is 848 g/mol. The predicted molar refractivity (Wildman–Crippen MR) is 234 cm³/mol. The first kappa shape index (κ1) is 47.5. The van der Waals surface area contributed by atoms with Gasteiger partial charge in [-0.05, 0) is 142 Å². The molecular weight excluding hydrogens is 797 g/mol. The largest absolute Gasteiger partial charge is 0.496 e. The molecule has 326 valence electrons. The zero-order valence-electron chi connectivity index (χ0n) is 35.1. The summed E-state index contributed by atoms with van der Waals surface area (Å²) in [5, 5.41) is 8.24. The van der Waals surface area contributed by atoms with Gasteiger partial charge in [-0.1, -0.05) is 13.2 Å². The molecule has 0 aliphatic heterocycles. The summed E-state index contributed by atoms with van der Waals surface area (Å²) in [5.74, 6) is 0.398. The molecule has 0 bridgehead atoms. The molecule has 4 aromatic rings. The van der Waals surface area contributed by atoms with Gasteiger partial charge in [-0.2, -0.15) is 10.2 Å². The van der Waals surface area contributed by atoms with E-state index in [1.165, 1.54) is 26.6 Å². The number of hydrogen-bond donors (Lipinski definition) is 0. The van der Waals surface area contributed by atoms with Crippen molar-refractivity contribution in [1.29, 1.82) is 0 Å². The summed E-state index contributed by atoms with van der Waals surface area (Å²) in [4.78, 5) is 48.1. The molecule has 0 atom stereocenters. The highest BCUT2D eigenvalue weighted by Gasteiger charge is 2.22. The van der Waals surface area contributed by atoms with E-state index in [-0.39, 0.29) is 17.1 Å². The lowest BCUT2D eigenvalue weighted by Gasteiger charge is -2.14. The number of unbranched alkanes of at least 4 members (excludes halogenated alkanes) is 6. The minimum atomic E-state index is -0.674. The van der Waals surface area contributed by atoms with E-state index in [1.807, 2.05) is 0 Å². The van der Waals surface area contributed by atoms with E-state index in [4.69, 9.17) is 37.9 Å². The molecule has 0 unspecified atom stereocenters. The van der Waals surface area contributed by atoms with Crippen LogP contribution in [-0.4, -0.2) is 77.0 Å². The maximum atomic E-state index is 13.3. The Bertz CT molecular complexity index is 2100. The molecule has 0 N–H and O–H groups in total. The molecule has 0 amide bonds. The molecule has 0 aromatic heterocycles. The second-order valence-electron chi connectivity index (χ2n) is 13.4. The summed E-state index contributed by atoms with van der Waals surface area (Å²) < 4.78 is 43.7. The fourth-order valence-electron chi connectivity index (χ4n) is 5.60. The van der Waals surface area contributed by atoms with Gasteiger partial charge in [0, 0.05) is 17.7 Å². The summed E-state index contributed by atoms with van der Waals surface area (Å²) >= 11 is 0. The third-order valence-electron chi connectivity index (χ3n) is 8.86. The van der Waals surface area contributed by atoms with Crippen LogP contribution in [0.4, 0.5) is 0 Å². The van der Waals surface area contributed by atoms with Crippen molar-refractivity contribution in [2.75, 3.05) is 40.6 Å². The molecule has 14 nitrogen and oxygen atoms in total. The van der Waals surface area contributed by atoms with Crippen LogP contribution in [0, 0.1) is 0 Å². The van der Waals surface area contributed by atoms with Crippen LogP contribution in [0.3, 0.4) is 0 Å². The van der Waals surface area contributed by atoms with Crippen molar-refractivity contribution in [1.82, 2.24) is 0 Å². The third-order valence-corrected chi connectivity index (χ3v) is 8.86. The molecule has 0 aliphatic rings. The van der Waals surface area contributed by atoms with Crippen molar-refractivity contribution in [2.45, 2.75) is 51.4 Å². The second kappa shape index (κ2) is 26.8. The van der Waals surface area contributed by atoms with Crippen molar-refractivity contribution in [3.63, 3.8) is 0 Å². The molecule has 0 spiro atoms. The van der Waals surface area contributed by atoms with E-state index in [0.29, 0.717) is 66.1 Å². The average Bonchev–Trinajstić information content (AvgIpc) is 3.30. The highest BCUT2D eigenvalue weighted by atomic mass is 16.6. The molecule has 4 rings (SSSR count). The van der Waals surface area contributed by atoms with Gasteiger partial charge in [0.05, 0.1) is 58.6 Å². The normalized spacial score (nSPS) is 10.8. The van der Waals surface area contributed by atoms with Crippen molar-refractivity contribution in [3.05, 3.63) is 132 Å². The third kappa shape index (κ3) is 16.8. The van der Waals surface area contributed by atoms with E-state index in [0.717, 1.165) is 63.5 Å². The molecule has 0 saturated carbocycles. The number of rotatable bonds is 27. The van der Waals surface area contributed by atoms with E-state index in [1.54, 1.807) is 84.9 Å². The van der Waals surface area contributed by atoms with Crippen LogP contribution < -0.4 is 28.4 Å². The summed E-state index contributed by atoms with van der Waals surface area (Å²) in [6, 6.07) is 23.5. The smallest absolute Gasteiger partial charge is 0.351 e. The minimum Gasteiger partial charge on any atom is -0.496 e. The summed E-state index contributed by atoms with van der Waals surface area (Å²) in [5.41, 5.74) is 1.75. The number of nitrogens with zero attached hydrogens (tertiary/aromatic N) is 2. The zero-order valence-corrected chi connectivity index (χ0v) is 35.1. The van der Waals surface area contributed by atoms with Gasteiger partial charge in [0.1, 0.15) is 40.1 Å². The van der Waals surface area contributed by atoms with Crippen LogP contribution >= 0.6 is 0 Å². The van der Waals surface area contributed by atoms with E-state index in [9.17, 15) is 19.2 Å². The number of methoxy groups -OCH3 is 2. The average molecular weight is 849 g/mol. The Kier molecular flexibility index (Phi) is 20.5. The van der Waals surface area contributed by atoms with Gasteiger partial charge in [-0.3, -0.25) is 0 Å². The zero-order chi connectivity index (χ0) is 44.4. The maximum Gasteiger partial charge on any atom is 0.351 e. The van der Waals surface area contributed by atoms with Crippen LogP contribution in [0.25, 0.3) is 0 Å². The first-order valence-electron chi connectivity index (χ1n) is 20.1. The van der Waals surface area contributed by atoms with Crippen LogP contribution in [0.2, 0.25) is 0 Å². The van der Waals surface area contributed by atoms with Gasteiger partial charge in [0.2, 0.25) is 0 Å². The van der Waals surface area contributed by atoms with Crippen LogP contribution in [0.15, 0.2) is 120 Å². The Labute approximate surface area is 361 Å². The minimum absolute atomic E-state index is 0.101. The molecule has 0 fully saturated rings. The van der Waals surface area contributed by atoms with Gasteiger partial charge in [0.15, 0.2) is 0 Å². The molecule has 0 aliphatic carbocycles. The molecule has 14 heteroatoms. The lowest BCUT2D eigenvalue weighted by Crippen LogP contribution is -2.12. The van der Waals surface area contributed by atoms with Crippen molar-refractivity contribution in [3.8, 4) is 34.5 Å². The Morgan fingerprint density at radius 2 is 0.903 bits per heavy atom. The summed E-state index contributed by atoms with van der Waals surface area (Å²) in [6.45, 7) is 8.55. The maximum absolute atomic E-state index is 13.3. The highest BCUT2D eigenvalue weighted by molar-refractivity contribution is 5.99. The van der Waals surface area contributed by atoms with Gasteiger partial charge in [0.25, 0.3) is 0 Å². The first-order valence-corrected chi connectivity index (χ1v) is 20.1. The Morgan fingerprint density at radius 1 is 0.500 bits per heavy atom. The predicted octanol–water partition coefficient (Wildman–Crippen LogP) is 8.93. The number of esters is 4. The van der Waals surface area contributed by atoms with Gasteiger partial charge in [-0.25, -0.2) is 19.2 Å². The summed E-state index contributed by atoms with van der Waals surface area (Å²) in [6.07, 6.45) is 12.3. The quantitative estimate of drug-likeness (QED) is 0.0140. The number of benzene rings is 4. The van der Waals surface area contributed by atoms with Crippen molar-refractivity contribution in [2.24, 2.45) is 10.2 Å². The van der Waals surface area contributed by atoms with Crippen LogP contribution in [0.1, 0.15) is 83.2 Å². The highest BCUT2D eigenvalue weighted by Crippen LogP contribution is 2.32. The lowest BCUT2D eigenvalue weighted by atomic mass is 10.1. The van der Waals surface area contributed by atoms with Gasteiger partial charge < -0.3 is 37.9 Å². The standard InChI is InChI=1S/C48H52N2O12/c1-5-44(51)59-29-13-9-7-11-27-57-38-21-17-37(18-22-38)47(53)61-40-19-15-35(16-20-40)33-49-50-34-36-31-42(55-3)46(43(32-36)56-4)48(54)62-41-25-23-39(24-26-41)58-28-12-8-10-14-30-60-45(52)6-2/h5-6,15-26,31-34H,1-2,7-14,27-30H2,3-4H3/b49-33+,50-34+. The fourth-order valence-corrected chi connectivity index (χ4v) is 5.60. The number of carbonyl (C=O) groups is 4. The second-order valence-corrected chi connectivity index (χ2v) is 13.4. The number of ether oxygens (including phenoxy) is 8. The molecule has 0 radical (unpaired) electrons. The van der Waals surface area contributed by atoms with Crippen LogP contribution in [0.5, 0.6) is 34.5 Å².